The normalized spacial score (nSPS) is 18.9. The molecular weight excluding hydrogens is 296 g/mol. The van der Waals surface area contributed by atoms with Crippen LogP contribution in [0.15, 0.2) is 27.8 Å². The number of carbonyl (C=O) groups is 1. The van der Waals surface area contributed by atoms with E-state index in [-0.39, 0.29) is 11.8 Å². The molecule has 0 aliphatic carbocycles. The molecule has 1 fully saturated rings. The molecule has 0 aromatic heterocycles. The topological polar surface area (TPSA) is 69.1 Å². The summed E-state index contributed by atoms with van der Waals surface area (Å²) in [5.41, 5.74) is 10.3. The molecule has 0 spiro atoms. The van der Waals surface area contributed by atoms with Gasteiger partial charge in [-0.15, -0.1) is 0 Å². The molecule has 94 valence electrons. The summed E-state index contributed by atoms with van der Waals surface area (Å²) < 4.78 is 0.917. The lowest BCUT2D eigenvalue weighted by atomic mass is 10.1. The van der Waals surface area contributed by atoms with Crippen molar-refractivity contribution >= 4 is 27.5 Å². The standard InChI is InChI=1S/C12H13BrN4O/c1-8-3-2-4-10(13)12(8)17-7-9(5-11(17)18)6-15-16-14/h2-4,9H,5-7H2,1H3. The number of anilines is 1. The van der Waals surface area contributed by atoms with Crippen LogP contribution < -0.4 is 4.90 Å². The van der Waals surface area contributed by atoms with Crippen LogP contribution in [0.3, 0.4) is 0 Å². The van der Waals surface area contributed by atoms with Gasteiger partial charge in [-0.3, -0.25) is 4.79 Å². The molecule has 1 aromatic carbocycles. The second kappa shape index (κ2) is 5.42. The van der Waals surface area contributed by atoms with Crippen LogP contribution in [0.5, 0.6) is 0 Å². The van der Waals surface area contributed by atoms with Gasteiger partial charge in [0.2, 0.25) is 5.91 Å². The van der Waals surface area contributed by atoms with Crippen LogP contribution >= 0.6 is 15.9 Å². The Morgan fingerprint density at radius 1 is 1.61 bits per heavy atom. The molecule has 5 nitrogen and oxygen atoms in total. The minimum atomic E-state index is 0.0862. The molecule has 1 aliphatic rings. The number of benzene rings is 1. The highest BCUT2D eigenvalue weighted by molar-refractivity contribution is 9.10. The number of azide groups is 1. The van der Waals surface area contributed by atoms with Gasteiger partial charge in [0, 0.05) is 28.9 Å². The van der Waals surface area contributed by atoms with E-state index in [0.29, 0.717) is 19.5 Å². The summed E-state index contributed by atoms with van der Waals surface area (Å²) in [6.07, 6.45) is 0.444. The molecule has 1 aliphatic heterocycles. The van der Waals surface area contributed by atoms with Crippen molar-refractivity contribution < 1.29 is 4.79 Å². The quantitative estimate of drug-likeness (QED) is 0.479. The minimum Gasteiger partial charge on any atom is -0.311 e. The zero-order valence-electron chi connectivity index (χ0n) is 10.0. The van der Waals surface area contributed by atoms with E-state index in [4.69, 9.17) is 5.53 Å². The van der Waals surface area contributed by atoms with Crippen LogP contribution in [-0.4, -0.2) is 19.0 Å². The van der Waals surface area contributed by atoms with Crippen molar-refractivity contribution in [1.29, 1.82) is 0 Å². The smallest absolute Gasteiger partial charge is 0.227 e. The minimum absolute atomic E-state index is 0.0862. The molecule has 1 aromatic rings. The molecule has 1 saturated heterocycles. The Hall–Kier alpha value is -1.52. The van der Waals surface area contributed by atoms with E-state index in [1.54, 1.807) is 4.90 Å². The summed E-state index contributed by atoms with van der Waals surface area (Å²) in [4.78, 5) is 16.5. The van der Waals surface area contributed by atoms with Crippen LogP contribution in [0.2, 0.25) is 0 Å². The third-order valence-electron chi connectivity index (χ3n) is 3.07. The van der Waals surface area contributed by atoms with Gasteiger partial charge in [0.15, 0.2) is 0 Å². The van der Waals surface area contributed by atoms with Crippen LogP contribution in [0.1, 0.15) is 12.0 Å². The average molecular weight is 309 g/mol. The number of carbonyl (C=O) groups excluding carboxylic acids is 1. The van der Waals surface area contributed by atoms with Crippen molar-refractivity contribution in [3.05, 3.63) is 38.7 Å². The lowest BCUT2D eigenvalue weighted by Gasteiger charge is -2.20. The number of aryl methyl sites for hydroxylation is 1. The maximum absolute atomic E-state index is 12.0. The van der Waals surface area contributed by atoms with E-state index in [2.05, 4.69) is 26.0 Å². The monoisotopic (exact) mass is 308 g/mol. The van der Waals surface area contributed by atoms with Gasteiger partial charge in [0.05, 0.1) is 5.69 Å². The highest BCUT2D eigenvalue weighted by Crippen LogP contribution is 2.34. The first-order valence-electron chi connectivity index (χ1n) is 5.70. The van der Waals surface area contributed by atoms with Gasteiger partial charge in [0.25, 0.3) is 0 Å². The van der Waals surface area contributed by atoms with E-state index >= 15 is 0 Å². The molecular formula is C12H13BrN4O. The van der Waals surface area contributed by atoms with Gasteiger partial charge in [-0.05, 0) is 45.9 Å². The second-order valence-electron chi connectivity index (χ2n) is 4.39. The van der Waals surface area contributed by atoms with Gasteiger partial charge >= 0.3 is 0 Å². The molecule has 1 amide bonds. The summed E-state index contributed by atoms with van der Waals surface area (Å²) >= 11 is 3.48. The van der Waals surface area contributed by atoms with Crippen molar-refractivity contribution in [2.75, 3.05) is 18.0 Å². The molecule has 0 radical (unpaired) electrons. The van der Waals surface area contributed by atoms with Gasteiger partial charge in [-0.1, -0.05) is 17.2 Å². The molecule has 0 N–H and O–H groups in total. The maximum atomic E-state index is 12.0. The first-order chi connectivity index (χ1) is 8.63. The van der Waals surface area contributed by atoms with Crippen LogP contribution in [-0.2, 0) is 4.79 Å². The Balaban J connectivity index is 2.24. The second-order valence-corrected chi connectivity index (χ2v) is 5.25. The molecule has 1 unspecified atom stereocenters. The van der Waals surface area contributed by atoms with Gasteiger partial charge < -0.3 is 4.90 Å². The molecule has 1 atom stereocenters. The Bertz CT molecular complexity index is 505. The first-order valence-corrected chi connectivity index (χ1v) is 6.49. The van der Waals surface area contributed by atoms with Crippen molar-refractivity contribution in [2.24, 2.45) is 11.0 Å². The lowest BCUT2D eigenvalue weighted by Crippen LogP contribution is -2.26. The summed E-state index contributed by atoms with van der Waals surface area (Å²) in [6.45, 7) is 2.97. The Labute approximate surface area is 114 Å². The molecule has 0 saturated carbocycles. The Kier molecular flexibility index (Phi) is 3.89. The number of hydrogen-bond donors (Lipinski definition) is 0. The third-order valence-corrected chi connectivity index (χ3v) is 3.71. The zero-order valence-corrected chi connectivity index (χ0v) is 11.6. The fourth-order valence-corrected chi connectivity index (χ4v) is 2.92. The van der Waals surface area contributed by atoms with Crippen LogP contribution in [0, 0.1) is 12.8 Å². The predicted octanol–water partition coefficient (Wildman–Crippen LogP) is 3.42. The fraction of sp³-hybridized carbons (Fsp3) is 0.417. The third kappa shape index (κ3) is 2.49. The number of halogens is 1. The predicted molar refractivity (Wildman–Crippen MR) is 73.4 cm³/mol. The molecule has 0 bridgehead atoms. The van der Waals surface area contributed by atoms with Crippen molar-refractivity contribution in [3.8, 4) is 0 Å². The van der Waals surface area contributed by atoms with E-state index in [1.165, 1.54) is 0 Å². The lowest BCUT2D eigenvalue weighted by molar-refractivity contribution is -0.117. The Morgan fingerprint density at radius 2 is 2.39 bits per heavy atom. The van der Waals surface area contributed by atoms with Crippen LogP contribution in [0.25, 0.3) is 10.4 Å². The molecule has 1 heterocycles. The van der Waals surface area contributed by atoms with E-state index in [1.807, 2.05) is 25.1 Å². The number of nitrogens with zero attached hydrogens (tertiary/aromatic N) is 4. The van der Waals surface area contributed by atoms with Crippen molar-refractivity contribution in [2.45, 2.75) is 13.3 Å². The zero-order chi connectivity index (χ0) is 13.1. The first kappa shape index (κ1) is 12.9. The summed E-state index contributed by atoms with van der Waals surface area (Å²) in [6, 6.07) is 5.85. The highest BCUT2D eigenvalue weighted by Gasteiger charge is 2.31. The largest absolute Gasteiger partial charge is 0.311 e. The van der Waals surface area contributed by atoms with Gasteiger partial charge in [0.1, 0.15) is 0 Å². The number of amides is 1. The summed E-state index contributed by atoms with van der Waals surface area (Å²) in [5, 5.41) is 3.55. The van der Waals surface area contributed by atoms with E-state index in [9.17, 15) is 4.79 Å². The van der Waals surface area contributed by atoms with E-state index < -0.39 is 0 Å². The maximum Gasteiger partial charge on any atom is 0.227 e. The van der Waals surface area contributed by atoms with Gasteiger partial charge in [-0.2, -0.15) is 0 Å². The molecule has 2 rings (SSSR count). The number of rotatable bonds is 3. The number of hydrogen-bond acceptors (Lipinski definition) is 2. The molecule has 18 heavy (non-hydrogen) atoms. The van der Waals surface area contributed by atoms with Crippen LogP contribution in [0.4, 0.5) is 5.69 Å². The number of para-hydroxylation sites is 1. The van der Waals surface area contributed by atoms with Crippen molar-refractivity contribution in [3.63, 3.8) is 0 Å². The van der Waals surface area contributed by atoms with Gasteiger partial charge in [-0.25, -0.2) is 0 Å². The SMILES string of the molecule is Cc1cccc(Br)c1N1CC(CN=[N+]=[N-])CC1=O. The molecule has 6 heteroatoms. The Morgan fingerprint density at radius 3 is 3.06 bits per heavy atom. The summed E-state index contributed by atoms with van der Waals surface area (Å²) in [7, 11) is 0. The average Bonchev–Trinajstić information content (AvgIpc) is 2.68. The summed E-state index contributed by atoms with van der Waals surface area (Å²) in [5.74, 6) is 0.197. The highest BCUT2D eigenvalue weighted by atomic mass is 79.9. The van der Waals surface area contributed by atoms with Crippen molar-refractivity contribution in [1.82, 2.24) is 0 Å². The van der Waals surface area contributed by atoms with E-state index in [0.717, 1.165) is 15.7 Å². The fourth-order valence-electron chi connectivity index (χ4n) is 2.24.